The predicted molar refractivity (Wildman–Crippen MR) is 105 cm³/mol. The van der Waals surface area contributed by atoms with E-state index >= 15 is 0 Å². The number of nitrogens with zero attached hydrogens (tertiary/aromatic N) is 1. The zero-order valence-electron chi connectivity index (χ0n) is 17.4. The second-order valence-electron chi connectivity index (χ2n) is 9.67. The maximum Gasteiger partial charge on any atom is 0.180 e. The summed E-state index contributed by atoms with van der Waals surface area (Å²) in [5, 5.41) is 0. The summed E-state index contributed by atoms with van der Waals surface area (Å²) in [6.07, 6.45) is 2.93. The van der Waals surface area contributed by atoms with Crippen LogP contribution in [0.25, 0.3) is 0 Å². The first-order chi connectivity index (χ1) is 13.9. The third kappa shape index (κ3) is 1.60. The molecule has 3 saturated carbocycles. The van der Waals surface area contributed by atoms with Crippen LogP contribution in [0, 0.1) is 11.3 Å². The van der Waals surface area contributed by atoms with E-state index in [9.17, 15) is 9.59 Å². The molecule has 6 heteroatoms. The molecule has 6 aliphatic rings. The lowest BCUT2D eigenvalue weighted by Gasteiger charge is -2.72. The maximum absolute atomic E-state index is 13.8. The Labute approximate surface area is 170 Å². The molecular formula is C23H27NO5. The van der Waals surface area contributed by atoms with Crippen LogP contribution < -0.4 is 9.47 Å². The van der Waals surface area contributed by atoms with Crippen LogP contribution >= 0.6 is 0 Å². The molecule has 2 heterocycles. The van der Waals surface area contributed by atoms with E-state index < -0.39 is 5.60 Å². The van der Waals surface area contributed by atoms with Gasteiger partial charge in [-0.3, -0.25) is 14.5 Å². The molecule has 0 amide bonds. The van der Waals surface area contributed by atoms with E-state index in [1.165, 1.54) is 0 Å². The summed E-state index contributed by atoms with van der Waals surface area (Å²) in [4.78, 5) is 28.9. The molecule has 0 radical (unpaired) electrons. The molecule has 154 valence electrons. The van der Waals surface area contributed by atoms with Crippen LogP contribution in [0.3, 0.4) is 0 Å². The second kappa shape index (κ2) is 5.22. The average molecular weight is 397 g/mol. The molecule has 6 nitrogen and oxygen atoms in total. The van der Waals surface area contributed by atoms with Crippen molar-refractivity contribution < 1.29 is 23.8 Å². The van der Waals surface area contributed by atoms with Crippen LogP contribution in [0.5, 0.6) is 11.5 Å². The fourth-order valence-electron chi connectivity index (χ4n) is 8.16. The number of Topliss-reactive ketones (excluding diaryl/α,β-unsaturated/α-hetero) is 2. The van der Waals surface area contributed by atoms with Crippen molar-refractivity contribution in [2.24, 2.45) is 11.3 Å². The van der Waals surface area contributed by atoms with Crippen molar-refractivity contribution in [2.45, 2.75) is 55.8 Å². The molecule has 7 rings (SSSR count). The largest absolute Gasteiger partial charge is 0.493 e. The number of carbonyl (C=O) groups excluding carboxylic acids is 2. The third-order valence-electron chi connectivity index (χ3n) is 9.13. The highest BCUT2D eigenvalue weighted by atomic mass is 16.6. The standard InChI is InChI=1S/C23H27NO5/c1-12(25)14-11-21-7-8-23(14,28-4)20-22(21)9-10-24(2)19(21)17(26)13-5-6-15(27-3)18(29-20)16(13)22/h5-6,14,19-20H,7-11H2,1-4H3/t14-,19+,20-,21?,22-,23-/m0/s1. The number of piperidine rings is 1. The summed E-state index contributed by atoms with van der Waals surface area (Å²) < 4.78 is 18.6. The Morgan fingerprint density at radius 3 is 2.72 bits per heavy atom. The number of hydrogen-bond acceptors (Lipinski definition) is 6. The van der Waals surface area contributed by atoms with Gasteiger partial charge in [-0.05, 0) is 58.3 Å². The summed E-state index contributed by atoms with van der Waals surface area (Å²) >= 11 is 0. The molecule has 1 saturated heterocycles. The van der Waals surface area contributed by atoms with Crippen molar-refractivity contribution >= 4 is 11.6 Å². The lowest BCUT2D eigenvalue weighted by atomic mass is 9.34. The Morgan fingerprint density at radius 2 is 2.03 bits per heavy atom. The molecule has 4 bridgehead atoms. The minimum Gasteiger partial charge on any atom is -0.493 e. The molecule has 2 spiro atoms. The molecule has 1 aromatic carbocycles. The molecule has 2 aliphatic heterocycles. The van der Waals surface area contributed by atoms with Gasteiger partial charge in [0.2, 0.25) is 0 Å². The van der Waals surface area contributed by atoms with Crippen molar-refractivity contribution in [3.63, 3.8) is 0 Å². The minimum absolute atomic E-state index is 0.131. The zero-order valence-corrected chi connectivity index (χ0v) is 17.4. The Kier molecular flexibility index (Phi) is 3.22. The molecule has 0 aromatic heterocycles. The van der Waals surface area contributed by atoms with Gasteiger partial charge in [0.15, 0.2) is 17.3 Å². The van der Waals surface area contributed by atoms with Gasteiger partial charge in [0.1, 0.15) is 17.5 Å². The van der Waals surface area contributed by atoms with Crippen molar-refractivity contribution in [3.05, 3.63) is 23.3 Å². The van der Waals surface area contributed by atoms with Gasteiger partial charge < -0.3 is 14.2 Å². The van der Waals surface area contributed by atoms with Gasteiger partial charge in [-0.1, -0.05) is 0 Å². The number of benzene rings is 1. The predicted octanol–water partition coefficient (Wildman–Crippen LogP) is 2.37. The smallest absolute Gasteiger partial charge is 0.180 e. The number of likely N-dealkylation sites (tertiary alicyclic amines) is 1. The first kappa shape index (κ1) is 17.9. The molecule has 1 unspecified atom stereocenters. The van der Waals surface area contributed by atoms with Crippen molar-refractivity contribution in [1.29, 1.82) is 0 Å². The van der Waals surface area contributed by atoms with Crippen LogP contribution in [0.2, 0.25) is 0 Å². The topological polar surface area (TPSA) is 65.1 Å². The van der Waals surface area contributed by atoms with Crippen molar-refractivity contribution in [3.8, 4) is 11.5 Å². The first-order valence-corrected chi connectivity index (χ1v) is 10.6. The van der Waals surface area contributed by atoms with Crippen LogP contribution in [-0.2, 0) is 14.9 Å². The van der Waals surface area contributed by atoms with Gasteiger partial charge >= 0.3 is 0 Å². The van der Waals surface area contributed by atoms with Crippen LogP contribution in [0.4, 0.5) is 0 Å². The molecule has 4 aliphatic carbocycles. The Bertz CT molecular complexity index is 974. The highest BCUT2D eigenvalue weighted by molar-refractivity contribution is 6.06. The number of methoxy groups -OCH3 is 2. The number of ketones is 2. The molecular weight excluding hydrogens is 370 g/mol. The van der Waals surface area contributed by atoms with E-state index in [4.69, 9.17) is 14.2 Å². The highest BCUT2D eigenvalue weighted by Crippen LogP contribution is 2.76. The maximum atomic E-state index is 13.8. The van der Waals surface area contributed by atoms with E-state index in [1.807, 2.05) is 12.1 Å². The summed E-state index contributed by atoms with van der Waals surface area (Å²) in [5.41, 5.74) is 0.527. The minimum atomic E-state index is -0.657. The van der Waals surface area contributed by atoms with Crippen molar-refractivity contribution in [2.75, 3.05) is 27.8 Å². The fourth-order valence-corrected chi connectivity index (χ4v) is 8.16. The van der Waals surface area contributed by atoms with E-state index in [-0.39, 0.29) is 40.5 Å². The highest BCUT2D eigenvalue weighted by Gasteiger charge is 2.82. The normalized spacial score (nSPS) is 43.7. The summed E-state index contributed by atoms with van der Waals surface area (Å²) in [6, 6.07) is 3.54. The summed E-state index contributed by atoms with van der Waals surface area (Å²) in [5.74, 6) is 1.40. The van der Waals surface area contributed by atoms with E-state index in [0.29, 0.717) is 17.9 Å². The number of ether oxygens (including phenoxy) is 3. The van der Waals surface area contributed by atoms with E-state index in [1.54, 1.807) is 21.1 Å². The molecule has 1 aromatic rings. The number of fused-ring (bicyclic) bond motifs is 2. The Morgan fingerprint density at radius 1 is 1.24 bits per heavy atom. The van der Waals surface area contributed by atoms with Crippen LogP contribution in [0.15, 0.2) is 12.1 Å². The van der Waals surface area contributed by atoms with Gasteiger partial charge in [-0.15, -0.1) is 0 Å². The zero-order chi connectivity index (χ0) is 20.3. The molecule has 6 atom stereocenters. The first-order valence-electron chi connectivity index (χ1n) is 10.6. The lowest BCUT2D eigenvalue weighted by molar-refractivity contribution is -0.263. The van der Waals surface area contributed by atoms with Gasteiger partial charge in [-0.25, -0.2) is 0 Å². The molecule has 29 heavy (non-hydrogen) atoms. The van der Waals surface area contributed by atoms with E-state index in [2.05, 4.69) is 11.9 Å². The van der Waals surface area contributed by atoms with Gasteiger partial charge in [0.25, 0.3) is 0 Å². The van der Waals surface area contributed by atoms with Crippen LogP contribution in [-0.4, -0.2) is 62.0 Å². The molecule has 0 N–H and O–H groups in total. The van der Waals surface area contributed by atoms with Gasteiger partial charge in [-0.2, -0.15) is 0 Å². The monoisotopic (exact) mass is 397 g/mol. The van der Waals surface area contributed by atoms with Gasteiger partial charge in [0.05, 0.1) is 19.1 Å². The fraction of sp³-hybridized carbons (Fsp3) is 0.652. The number of hydrogen-bond donors (Lipinski definition) is 0. The average Bonchev–Trinajstić information content (AvgIpc) is 3.09. The van der Waals surface area contributed by atoms with Gasteiger partial charge in [0, 0.05) is 29.1 Å². The third-order valence-corrected chi connectivity index (χ3v) is 9.13. The number of likely N-dealkylation sites (N-methyl/N-ethyl adjacent to an activating group) is 1. The Balaban J connectivity index is 1.73. The lowest BCUT2D eigenvalue weighted by Crippen LogP contribution is -2.82. The summed E-state index contributed by atoms with van der Waals surface area (Å²) in [7, 11) is 5.41. The van der Waals surface area contributed by atoms with Crippen molar-refractivity contribution in [1.82, 2.24) is 4.90 Å². The number of carbonyl (C=O) groups is 2. The summed E-state index contributed by atoms with van der Waals surface area (Å²) in [6.45, 7) is 2.49. The Hall–Kier alpha value is -1.92. The second-order valence-corrected chi connectivity index (χ2v) is 9.67. The molecule has 4 fully saturated rings. The quantitative estimate of drug-likeness (QED) is 0.780. The van der Waals surface area contributed by atoms with Crippen LogP contribution in [0.1, 0.15) is 48.5 Å². The van der Waals surface area contributed by atoms with E-state index in [0.717, 1.165) is 36.9 Å². The SMILES string of the molecule is COc1ccc2c3c1O[C@@H]1[C@]4(OC)CCC5(C[C@H]4C(C)=O)[C@@H](C2=O)N(C)CC[C@]315. The number of rotatable bonds is 3.